The van der Waals surface area contributed by atoms with Gasteiger partial charge >= 0.3 is 13.8 Å². The predicted molar refractivity (Wildman–Crippen MR) is 35.0 cm³/mol. The van der Waals surface area contributed by atoms with Crippen LogP contribution in [-0.4, -0.2) is 48.7 Å². The van der Waals surface area contributed by atoms with Gasteiger partial charge in [-0.1, -0.05) is 0 Å². The van der Waals surface area contributed by atoms with E-state index in [1.165, 1.54) is 0 Å². The standard InChI is InChI=1S/C3H6O4.H3O4P/c4-1-2(5)3(6)7;1-5(2,3)4/h2,4-5H,1H2,(H,6,7);(H3,1,2,3,4). The maximum atomic E-state index is 9.52. The van der Waals surface area contributed by atoms with Crippen molar-refractivity contribution in [1.82, 2.24) is 0 Å². The van der Waals surface area contributed by atoms with Crippen molar-refractivity contribution >= 4 is 13.8 Å². The fourth-order valence-corrected chi connectivity index (χ4v) is 0.0781. The number of rotatable bonds is 2. The Hall–Kier alpha value is -0.500. The summed E-state index contributed by atoms with van der Waals surface area (Å²) in [6.07, 6.45) is -1.63. The van der Waals surface area contributed by atoms with Gasteiger partial charge in [-0.25, -0.2) is 9.36 Å². The van der Waals surface area contributed by atoms with E-state index in [4.69, 9.17) is 34.6 Å². The van der Waals surface area contributed by atoms with Gasteiger partial charge in [0, 0.05) is 0 Å². The van der Waals surface area contributed by atoms with Gasteiger partial charge in [-0.2, -0.15) is 0 Å². The number of carboxylic acid groups (broad SMARTS) is 1. The van der Waals surface area contributed by atoms with E-state index in [1.54, 1.807) is 0 Å². The molecule has 0 spiro atoms. The van der Waals surface area contributed by atoms with E-state index in [0.717, 1.165) is 0 Å². The maximum absolute atomic E-state index is 9.52. The Labute approximate surface area is 67.0 Å². The lowest BCUT2D eigenvalue weighted by atomic mass is 10.4. The smallest absolute Gasteiger partial charge is 0.466 e. The highest BCUT2D eigenvalue weighted by Gasteiger charge is 2.08. The first-order chi connectivity index (χ1) is 5.18. The third-order valence-electron chi connectivity index (χ3n) is 0.458. The number of carboxylic acids is 1. The van der Waals surface area contributed by atoms with Crippen LogP contribution in [0, 0.1) is 0 Å². The molecule has 0 aromatic heterocycles. The first-order valence-corrected chi connectivity index (χ1v) is 4.05. The molecule has 0 aliphatic heterocycles. The summed E-state index contributed by atoms with van der Waals surface area (Å²) in [6.45, 7) is -0.727. The number of hydrogen-bond donors (Lipinski definition) is 6. The Morgan fingerprint density at radius 3 is 1.58 bits per heavy atom. The van der Waals surface area contributed by atoms with Crippen molar-refractivity contribution in [1.29, 1.82) is 0 Å². The highest BCUT2D eigenvalue weighted by molar-refractivity contribution is 7.45. The molecule has 0 radical (unpaired) electrons. The van der Waals surface area contributed by atoms with Crippen molar-refractivity contribution in [3.63, 3.8) is 0 Å². The van der Waals surface area contributed by atoms with E-state index in [9.17, 15) is 4.79 Å². The molecule has 0 aliphatic carbocycles. The first kappa shape index (κ1) is 14.0. The van der Waals surface area contributed by atoms with Crippen LogP contribution in [0.2, 0.25) is 0 Å². The van der Waals surface area contributed by atoms with E-state index in [-0.39, 0.29) is 0 Å². The summed E-state index contributed by atoms with van der Waals surface area (Å²) < 4.78 is 8.88. The summed E-state index contributed by atoms with van der Waals surface area (Å²) in [5, 5.41) is 23.7. The van der Waals surface area contributed by atoms with Crippen molar-refractivity contribution < 1.29 is 39.4 Å². The van der Waals surface area contributed by atoms with Crippen LogP contribution in [-0.2, 0) is 9.36 Å². The summed E-state index contributed by atoms with van der Waals surface area (Å²) in [4.78, 5) is 31.1. The second-order valence-corrected chi connectivity index (χ2v) is 2.58. The second-order valence-electron chi connectivity index (χ2n) is 1.55. The van der Waals surface area contributed by atoms with Gasteiger partial charge in [-0.15, -0.1) is 0 Å². The van der Waals surface area contributed by atoms with Gasteiger partial charge in [0.05, 0.1) is 6.61 Å². The minimum absolute atomic E-state index is 0.727. The van der Waals surface area contributed by atoms with Gasteiger partial charge in [-0.3, -0.25) is 0 Å². The predicted octanol–water partition coefficient (Wildman–Crippen LogP) is -2.50. The molecule has 0 saturated carbocycles. The van der Waals surface area contributed by atoms with Crippen molar-refractivity contribution in [2.45, 2.75) is 6.10 Å². The van der Waals surface area contributed by atoms with Crippen molar-refractivity contribution in [3.05, 3.63) is 0 Å². The second kappa shape index (κ2) is 6.06. The lowest BCUT2D eigenvalue weighted by Crippen LogP contribution is -2.22. The van der Waals surface area contributed by atoms with E-state index >= 15 is 0 Å². The summed E-state index contributed by atoms with van der Waals surface area (Å²) in [5.74, 6) is -1.40. The first-order valence-electron chi connectivity index (χ1n) is 2.48. The summed E-state index contributed by atoms with van der Waals surface area (Å²) in [5.41, 5.74) is 0. The summed E-state index contributed by atoms with van der Waals surface area (Å²) in [7, 11) is -4.64. The summed E-state index contributed by atoms with van der Waals surface area (Å²) in [6, 6.07) is 0. The monoisotopic (exact) mass is 204 g/mol. The SMILES string of the molecule is O=C(O)C(O)CO.O=P(O)(O)O. The van der Waals surface area contributed by atoms with Gasteiger partial charge in [0.25, 0.3) is 0 Å². The molecule has 0 amide bonds. The van der Waals surface area contributed by atoms with Crippen LogP contribution in [0.25, 0.3) is 0 Å². The Kier molecular flexibility index (Phi) is 7.10. The van der Waals surface area contributed by atoms with Gasteiger partial charge in [0.1, 0.15) is 0 Å². The van der Waals surface area contributed by atoms with Crippen molar-refractivity contribution in [2.75, 3.05) is 6.61 Å². The van der Waals surface area contributed by atoms with Crippen LogP contribution in [0.1, 0.15) is 0 Å². The van der Waals surface area contributed by atoms with Crippen LogP contribution < -0.4 is 0 Å². The summed E-state index contributed by atoms with van der Waals surface area (Å²) >= 11 is 0. The average Bonchev–Trinajstić information content (AvgIpc) is 1.82. The maximum Gasteiger partial charge on any atom is 0.466 e. The van der Waals surface area contributed by atoms with Crippen molar-refractivity contribution in [2.24, 2.45) is 0 Å². The van der Waals surface area contributed by atoms with Crippen LogP contribution >= 0.6 is 7.82 Å². The zero-order chi connectivity index (χ0) is 10.4. The van der Waals surface area contributed by atoms with Crippen LogP contribution in [0.4, 0.5) is 0 Å². The quantitative estimate of drug-likeness (QED) is 0.269. The molecule has 74 valence electrons. The molecule has 0 rings (SSSR count). The topological polar surface area (TPSA) is 156 Å². The largest absolute Gasteiger partial charge is 0.479 e. The molecule has 8 nitrogen and oxygen atoms in total. The molecule has 0 fully saturated rings. The minimum atomic E-state index is -4.64. The molecule has 12 heavy (non-hydrogen) atoms. The molecular weight excluding hydrogens is 195 g/mol. The fourth-order valence-electron chi connectivity index (χ4n) is 0.0781. The molecular formula is C3H9O8P. The fraction of sp³-hybridized carbons (Fsp3) is 0.667. The number of aliphatic hydroxyl groups excluding tert-OH is 2. The normalized spacial score (nSPS) is 12.8. The third kappa shape index (κ3) is 22.7. The average molecular weight is 204 g/mol. The van der Waals surface area contributed by atoms with Gasteiger partial charge in [-0.05, 0) is 0 Å². The third-order valence-corrected chi connectivity index (χ3v) is 0.458. The van der Waals surface area contributed by atoms with E-state index in [0.29, 0.717) is 0 Å². The highest BCUT2D eigenvalue weighted by Crippen LogP contribution is 2.25. The Balaban J connectivity index is 0. The highest BCUT2D eigenvalue weighted by atomic mass is 31.2. The van der Waals surface area contributed by atoms with Gasteiger partial charge in [0.15, 0.2) is 6.10 Å². The van der Waals surface area contributed by atoms with Crippen LogP contribution in [0.15, 0.2) is 0 Å². The molecule has 0 saturated heterocycles. The number of phosphoric acid groups is 1. The molecule has 0 aromatic carbocycles. The lowest BCUT2D eigenvalue weighted by molar-refractivity contribution is -0.148. The van der Waals surface area contributed by atoms with Crippen molar-refractivity contribution in [3.8, 4) is 0 Å². The minimum Gasteiger partial charge on any atom is -0.479 e. The van der Waals surface area contributed by atoms with Crippen LogP contribution in [0.3, 0.4) is 0 Å². The molecule has 1 atom stereocenters. The Morgan fingerprint density at radius 2 is 1.58 bits per heavy atom. The molecule has 1 unspecified atom stereocenters. The molecule has 0 heterocycles. The zero-order valence-electron chi connectivity index (χ0n) is 5.73. The molecule has 0 bridgehead atoms. The molecule has 0 aromatic rings. The molecule has 9 heteroatoms. The number of hydrogen-bond acceptors (Lipinski definition) is 4. The molecule has 6 N–H and O–H groups in total. The number of aliphatic hydroxyl groups is 2. The van der Waals surface area contributed by atoms with E-state index < -0.39 is 26.5 Å². The Morgan fingerprint density at radius 1 is 1.33 bits per heavy atom. The van der Waals surface area contributed by atoms with E-state index in [2.05, 4.69) is 0 Å². The lowest BCUT2D eigenvalue weighted by Gasteiger charge is -1.95. The van der Waals surface area contributed by atoms with Crippen LogP contribution in [0.5, 0.6) is 0 Å². The Bertz CT molecular complexity index is 163. The van der Waals surface area contributed by atoms with E-state index in [1.807, 2.05) is 0 Å². The van der Waals surface area contributed by atoms with Gasteiger partial charge in [0.2, 0.25) is 0 Å². The zero-order valence-corrected chi connectivity index (χ0v) is 6.63. The number of carbonyl (C=O) groups is 1. The molecule has 0 aliphatic rings. The van der Waals surface area contributed by atoms with Gasteiger partial charge < -0.3 is 30.0 Å². The number of aliphatic carboxylic acids is 1.